The second kappa shape index (κ2) is 18.6. The van der Waals surface area contributed by atoms with Crippen LogP contribution in [0.5, 0.6) is 0 Å². The van der Waals surface area contributed by atoms with Crippen molar-refractivity contribution in [3.05, 3.63) is 59.2 Å². The number of nitrogens with one attached hydrogen (secondary N) is 4. The number of amidine groups is 2. The molecule has 1 aromatic carbocycles. The Balaban J connectivity index is 1.58. The number of carbonyl (C=O) groups is 4. The Morgan fingerprint density at radius 1 is 0.704 bits per heavy atom. The molecule has 8 N–H and O–H groups in total. The van der Waals surface area contributed by atoms with E-state index in [1.807, 2.05) is 21.5 Å². The molecule has 14 nitrogen and oxygen atoms in total. The zero-order chi connectivity index (χ0) is 38.8. The number of benzene rings is 1. The van der Waals surface area contributed by atoms with E-state index < -0.39 is 11.8 Å². The van der Waals surface area contributed by atoms with Gasteiger partial charge in [-0.25, -0.2) is 0 Å². The van der Waals surface area contributed by atoms with E-state index in [2.05, 4.69) is 58.9 Å². The topological polar surface area (TPSA) is 203 Å². The second-order valence-electron chi connectivity index (χ2n) is 14.8. The number of aromatic nitrogens is 2. The van der Waals surface area contributed by atoms with Crippen LogP contribution < -0.4 is 32.7 Å². The minimum absolute atomic E-state index is 0.158. The molecular formula is C40H56N10O4. The van der Waals surface area contributed by atoms with E-state index in [0.717, 1.165) is 63.5 Å². The first kappa shape index (κ1) is 39.8. The molecule has 0 aliphatic carbocycles. The Morgan fingerprint density at radius 2 is 1.11 bits per heavy atom. The van der Waals surface area contributed by atoms with Crippen LogP contribution in [0.15, 0.2) is 46.6 Å². The van der Waals surface area contributed by atoms with Crippen molar-refractivity contribution in [2.75, 3.05) is 39.3 Å². The minimum atomic E-state index is -0.708. The lowest BCUT2D eigenvalue weighted by molar-refractivity contribution is 0.0936. The molecule has 0 atom stereocenters. The van der Waals surface area contributed by atoms with Crippen LogP contribution in [0.2, 0.25) is 0 Å². The molecule has 14 heteroatoms. The molecule has 2 aliphatic heterocycles. The van der Waals surface area contributed by atoms with E-state index >= 15 is 0 Å². The molecule has 54 heavy (non-hydrogen) atoms. The number of rotatable bonds is 18. The highest BCUT2D eigenvalue weighted by molar-refractivity contribution is 6.11. The zero-order valence-electron chi connectivity index (χ0n) is 32.1. The Morgan fingerprint density at radius 3 is 1.44 bits per heavy atom. The van der Waals surface area contributed by atoms with Gasteiger partial charge in [-0.2, -0.15) is 0 Å². The first-order valence-electron chi connectivity index (χ1n) is 19.2. The van der Waals surface area contributed by atoms with Gasteiger partial charge in [-0.15, -0.1) is 0 Å². The first-order valence-corrected chi connectivity index (χ1v) is 19.2. The quantitative estimate of drug-likeness (QED) is 0.114. The number of carbonyl (C=O) groups excluding carboxylic acids is 4. The molecular weight excluding hydrogens is 685 g/mol. The van der Waals surface area contributed by atoms with Crippen LogP contribution >= 0.6 is 0 Å². The monoisotopic (exact) mass is 740 g/mol. The summed E-state index contributed by atoms with van der Waals surface area (Å²) in [6.45, 7) is 13.6. The van der Waals surface area contributed by atoms with Gasteiger partial charge >= 0.3 is 0 Å². The molecule has 0 radical (unpaired) electrons. The van der Waals surface area contributed by atoms with Gasteiger partial charge in [0.1, 0.15) is 11.4 Å². The van der Waals surface area contributed by atoms with Crippen LogP contribution in [-0.2, 0) is 13.1 Å². The highest BCUT2D eigenvalue weighted by Crippen LogP contribution is 2.40. The molecule has 0 saturated carbocycles. The van der Waals surface area contributed by atoms with E-state index in [0.29, 0.717) is 84.5 Å². The normalized spacial score (nSPS) is 14.3. The highest BCUT2D eigenvalue weighted by Gasteiger charge is 2.27. The van der Waals surface area contributed by atoms with Crippen molar-refractivity contribution < 1.29 is 19.2 Å². The summed E-state index contributed by atoms with van der Waals surface area (Å²) in [5.74, 6) is 0.505. The molecule has 0 unspecified atom stereocenters. The average molecular weight is 741 g/mol. The third kappa shape index (κ3) is 10.2. The van der Waals surface area contributed by atoms with E-state index in [9.17, 15) is 19.2 Å². The number of primary amides is 2. The van der Waals surface area contributed by atoms with E-state index in [1.165, 1.54) is 12.1 Å². The SMILES string of the molecule is CC(C)CCn1cc(-c2c(C(N)=O)ccc(C(N)=O)c2-c2cc(C(=O)NCCC3=NCCCN3)n(CCC(C)C)c2)cc1C(=O)NCCC1=NCCCN1. The number of aryl methyl sites for hydroxylation is 2. The summed E-state index contributed by atoms with van der Waals surface area (Å²) in [6, 6.07) is 6.45. The Hall–Kier alpha value is -5.40. The van der Waals surface area contributed by atoms with Crippen molar-refractivity contribution in [3.8, 4) is 22.3 Å². The fourth-order valence-electron chi connectivity index (χ4n) is 6.72. The Labute approximate surface area is 317 Å². The van der Waals surface area contributed by atoms with Gasteiger partial charge in [-0.3, -0.25) is 29.2 Å². The third-order valence-electron chi connectivity index (χ3n) is 9.69. The molecule has 3 aromatic rings. The standard InChI is InChI=1S/C40H56N10O4/c1-25(2)11-19-49-23-27(21-31(49)39(53)47-17-9-33-43-13-5-14-44-33)35-29(37(41)51)7-8-30(38(42)52)36(35)28-22-32(50(24-28)20-12-26(3)4)40(54)48-18-10-34-45-15-6-16-46-34/h7-8,21-26H,5-6,9-20H2,1-4H3,(H2,41,51)(H2,42,52)(H,43,44)(H,45,46)(H,47,53)(H,48,54). The van der Waals surface area contributed by atoms with Crippen LogP contribution in [0, 0.1) is 11.8 Å². The van der Waals surface area contributed by atoms with E-state index in [1.54, 1.807) is 12.1 Å². The van der Waals surface area contributed by atoms with Crippen molar-refractivity contribution in [2.24, 2.45) is 33.3 Å². The van der Waals surface area contributed by atoms with E-state index in [4.69, 9.17) is 11.5 Å². The Kier molecular flexibility index (Phi) is 13.7. The third-order valence-corrected chi connectivity index (χ3v) is 9.69. The van der Waals surface area contributed by atoms with Crippen molar-refractivity contribution in [2.45, 2.75) is 79.3 Å². The van der Waals surface area contributed by atoms with Crippen molar-refractivity contribution in [1.29, 1.82) is 0 Å². The first-order chi connectivity index (χ1) is 25.9. The molecule has 0 saturated heterocycles. The summed E-state index contributed by atoms with van der Waals surface area (Å²) in [6.07, 6.45) is 8.38. The summed E-state index contributed by atoms with van der Waals surface area (Å²) in [5.41, 5.74) is 14.9. The maximum atomic E-state index is 13.8. The predicted molar refractivity (Wildman–Crippen MR) is 213 cm³/mol. The van der Waals surface area contributed by atoms with E-state index in [-0.39, 0.29) is 22.9 Å². The van der Waals surface area contributed by atoms with Crippen molar-refractivity contribution >= 4 is 35.3 Å². The number of nitrogens with zero attached hydrogens (tertiary/aromatic N) is 4. The largest absolute Gasteiger partial charge is 0.374 e. The van der Waals surface area contributed by atoms with Crippen molar-refractivity contribution in [3.63, 3.8) is 0 Å². The highest BCUT2D eigenvalue weighted by atomic mass is 16.2. The average Bonchev–Trinajstić information content (AvgIpc) is 3.78. The number of hydrogen-bond acceptors (Lipinski definition) is 8. The lowest BCUT2D eigenvalue weighted by atomic mass is 9.88. The molecule has 0 fully saturated rings. The summed E-state index contributed by atoms with van der Waals surface area (Å²) in [7, 11) is 0. The van der Waals surface area contributed by atoms with Gasteiger partial charge in [0.15, 0.2) is 0 Å². The number of aliphatic imine (C=N–C) groups is 2. The smallest absolute Gasteiger partial charge is 0.267 e. The van der Waals surface area contributed by atoms with Crippen molar-refractivity contribution in [1.82, 2.24) is 30.4 Å². The molecule has 290 valence electrons. The lowest BCUT2D eigenvalue weighted by Crippen LogP contribution is -2.34. The van der Waals surface area contributed by atoms with Gasteiger partial charge in [-0.05, 0) is 61.8 Å². The molecule has 0 bridgehead atoms. The number of nitrogens with two attached hydrogens (primary N) is 2. The van der Waals surface area contributed by atoms with Gasteiger partial charge in [0, 0.05) is 111 Å². The maximum absolute atomic E-state index is 13.8. The summed E-state index contributed by atoms with van der Waals surface area (Å²) in [4.78, 5) is 62.8. The van der Waals surface area contributed by atoms with Gasteiger partial charge < -0.3 is 41.9 Å². The molecule has 2 aromatic heterocycles. The van der Waals surface area contributed by atoms with Gasteiger partial charge in [-0.1, -0.05) is 27.7 Å². The summed E-state index contributed by atoms with van der Waals surface area (Å²) < 4.78 is 3.76. The van der Waals surface area contributed by atoms with Crippen LogP contribution in [0.4, 0.5) is 0 Å². The summed E-state index contributed by atoms with van der Waals surface area (Å²) in [5, 5.41) is 12.6. The van der Waals surface area contributed by atoms with Crippen LogP contribution in [0.1, 0.15) is 108 Å². The molecule has 4 heterocycles. The van der Waals surface area contributed by atoms with Crippen LogP contribution in [0.25, 0.3) is 22.3 Å². The van der Waals surface area contributed by atoms with Crippen LogP contribution in [0.3, 0.4) is 0 Å². The fraction of sp³-hybridized carbons (Fsp3) is 0.500. The van der Waals surface area contributed by atoms with Gasteiger partial charge in [0.2, 0.25) is 11.8 Å². The lowest BCUT2D eigenvalue weighted by Gasteiger charge is -2.15. The molecule has 2 aliphatic rings. The van der Waals surface area contributed by atoms with Gasteiger partial charge in [0.25, 0.3) is 11.8 Å². The number of hydrogen-bond donors (Lipinski definition) is 6. The summed E-state index contributed by atoms with van der Waals surface area (Å²) >= 11 is 0. The second-order valence-corrected chi connectivity index (χ2v) is 14.8. The van der Waals surface area contributed by atoms with Crippen LogP contribution in [-0.4, -0.2) is 83.7 Å². The molecule has 4 amide bonds. The molecule has 0 spiro atoms. The fourth-order valence-corrected chi connectivity index (χ4v) is 6.72. The maximum Gasteiger partial charge on any atom is 0.267 e. The minimum Gasteiger partial charge on any atom is -0.374 e. The number of amides is 4. The van der Waals surface area contributed by atoms with Gasteiger partial charge in [0.05, 0.1) is 11.7 Å². The predicted octanol–water partition coefficient (Wildman–Crippen LogP) is 3.94. The zero-order valence-corrected chi connectivity index (χ0v) is 32.1. The Bertz CT molecular complexity index is 1770. The molecule has 5 rings (SSSR count).